The Morgan fingerprint density at radius 3 is 2.74 bits per heavy atom. The highest BCUT2D eigenvalue weighted by Gasteiger charge is 2.32. The van der Waals surface area contributed by atoms with Crippen molar-refractivity contribution in [2.24, 2.45) is 0 Å². The van der Waals surface area contributed by atoms with Gasteiger partial charge < -0.3 is 15.0 Å². The fraction of sp³-hybridized carbons (Fsp3) is 0.278. The topological polar surface area (TPSA) is 41.6 Å². The second-order valence-corrected chi connectivity index (χ2v) is 6.34. The minimum atomic E-state index is -0.181. The number of methoxy groups -OCH3 is 1. The summed E-state index contributed by atoms with van der Waals surface area (Å²) in [5, 5.41) is 3.49. The first-order chi connectivity index (χ1) is 11.2. The molecule has 1 aliphatic heterocycles. The van der Waals surface area contributed by atoms with Crippen molar-refractivity contribution in [1.82, 2.24) is 4.90 Å². The smallest absolute Gasteiger partial charge is 0.257 e. The van der Waals surface area contributed by atoms with E-state index in [0.29, 0.717) is 6.54 Å². The van der Waals surface area contributed by atoms with E-state index in [1.54, 1.807) is 7.11 Å². The van der Waals surface area contributed by atoms with Gasteiger partial charge in [0.2, 0.25) is 0 Å². The van der Waals surface area contributed by atoms with E-state index >= 15 is 0 Å². The van der Waals surface area contributed by atoms with Gasteiger partial charge in [0.1, 0.15) is 11.9 Å². The highest BCUT2D eigenvalue weighted by atomic mass is 79.9. The predicted molar refractivity (Wildman–Crippen MR) is 94.8 cm³/mol. The molecule has 0 fully saturated rings. The normalized spacial score (nSPS) is 16.7. The molecular formula is C18H19BrN2O2. The van der Waals surface area contributed by atoms with Crippen molar-refractivity contribution in [3.63, 3.8) is 0 Å². The van der Waals surface area contributed by atoms with Gasteiger partial charge in [0.05, 0.1) is 17.1 Å². The number of hydrogen-bond acceptors (Lipinski definition) is 3. The Kier molecular flexibility index (Phi) is 4.57. The summed E-state index contributed by atoms with van der Waals surface area (Å²) in [4.78, 5) is 14.7. The molecule has 1 aliphatic rings. The first-order valence-electron chi connectivity index (χ1n) is 7.65. The van der Waals surface area contributed by atoms with Gasteiger partial charge in [-0.3, -0.25) is 4.79 Å². The molecule has 0 saturated heterocycles. The molecule has 0 saturated carbocycles. The summed E-state index contributed by atoms with van der Waals surface area (Å²) in [6.45, 7) is 2.78. The number of ether oxygens (including phenoxy) is 1. The molecule has 0 aromatic heterocycles. The largest absolute Gasteiger partial charge is 0.496 e. The van der Waals surface area contributed by atoms with Gasteiger partial charge in [0, 0.05) is 12.2 Å². The zero-order chi connectivity index (χ0) is 16.4. The zero-order valence-corrected chi connectivity index (χ0v) is 14.8. The highest BCUT2D eigenvalue weighted by Crippen LogP contribution is 2.35. The predicted octanol–water partition coefficient (Wildman–Crippen LogP) is 4.43. The van der Waals surface area contributed by atoms with Gasteiger partial charge in [0.25, 0.3) is 5.91 Å². The summed E-state index contributed by atoms with van der Waals surface area (Å²) in [5.41, 5.74) is 2.63. The maximum Gasteiger partial charge on any atom is 0.257 e. The first kappa shape index (κ1) is 15.9. The molecule has 2 aromatic rings. The van der Waals surface area contributed by atoms with Crippen LogP contribution in [0.5, 0.6) is 5.75 Å². The van der Waals surface area contributed by atoms with Crippen molar-refractivity contribution in [3.05, 3.63) is 58.1 Å². The number of fused-ring (bicyclic) bond motifs is 1. The van der Waals surface area contributed by atoms with E-state index in [2.05, 4.69) is 28.2 Å². The molecule has 1 heterocycles. The maximum absolute atomic E-state index is 12.8. The van der Waals surface area contributed by atoms with Crippen LogP contribution in [0.2, 0.25) is 0 Å². The van der Waals surface area contributed by atoms with Crippen LogP contribution in [0.4, 0.5) is 5.69 Å². The molecule has 23 heavy (non-hydrogen) atoms. The van der Waals surface area contributed by atoms with Crippen molar-refractivity contribution < 1.29 is 9.53 Å². The lowest BCUT2D eigenvalue weighted by atomic mass is 10.0. The lowest BCUT2D eigenvalue weighted by molar-refractivity contribution is 0.0683. The Morgan fingerprint density at radius 2 is 2.04 bits per heavy atom. The van der Waals surface area contributed by atoms with Crippen LogP contribution in [0.15, 0.2) is 46.9 Å². The number of hydrogen-bond donors (Lipinski definition) is 1. The van der Waals surface area contributed by atoms with Gasteiger partial charge in [-0.15, -0.1) is 0 Å². The Bertz CT molecular complexity index is 733. The van der Waals surface area contributed by atoms with Gasteiger partial charge in [-0.1, -0.05) is 25.1 Å². The lowest BCUT2D eigenvalue weighted by Crippen LogP contribution is -2.43. The van der Waals surface area contributed by atoms with Crippen molar-refractivity contribution in [2.75, 3.05) is 19.0 Å². The third-order valence-corrected chi connectivity index (χ3v) is 4.60. The summed E-state index contributed by atoms with van der Waals surface area (Å²) in [6.07, 6.45) is 0.725. The average Bonchev–Trinajstić information content (AvgIpc) is 2.57. The molecule has 0 spiro atoms. The number of nitrogens with zero attached hydrogens (tertiary/aromatic N) is 1. The SMILES string of the molecule is CCCN1C(=O)c2ccccc2N[C@H]1c1ccc(OC)c(Br)c1. The number of carbonyl (C=O) groups is 1. The summed E-state index contributed by atoms with van der Waals surface area (Å²) in [6, 6.07) is 13.6. The number of para-hydroxylation sites is 1. The number of nitrogens with one attached hydrogen (secondary N) is 1. The quantitative estimate of drug-likeness (QED) is 0.860. The van der Waals surface area contributed by atoms with Crippen LogP contribution in [0.1, 0.15) is 35.4 Å². The molecule has 120 valence electrons. The van der Waals surface area contributed by atoms with Crippen LogP contribution in [0, 0.1) is 0 Å². The average molecular weight is 375 g/mol. The van der Waals surface area contributed by atoms with Crippen molar-refractivity contribution >= 4 is 27.5 Å². The number of halogens is 1. The molecule has 0 radical (unpaired) electrons. The van der Waals surface area contributed by atoms with Gasteiger partial charge in [-0.05, 0) is 52.2 Å². The summed E-state index contributed by atoms with van der Waals surface area (Å²) in [5.74, 6) is 0.844. The summed E-state index contributed by atoms with van der Waals surface area (Å²) < 4.78 is 6.17. The number of rotatable bonds is 4. The van der Waals surface area contributed by atoms with Gasteiger partial charge in [-0.25, -0.2) is 0 Å². The summed E-state index contributed by atoms with van der Waals surface area (Å²) >= 11 is 3.52. The third-order valence-electron chi connectivity index (χ3n) is 3.98. The second kappa shape index (κ2) is 6.62. The van der Waals surface area contributed by atoms with Crippen molar-refractivity contribution in [2.45, 2.75) is 19.5 Å². The molecule has 1 amide bonds. The van der Waals surface area contributed by atoms with Crippen LogP contribution >= 0.6 is 15.9 Å². The van der Waals surface area contributed by atoms with Gasteiger partial charge in [0.15, 0.2) is 0 Å². The molecule has 4 nitrogen and oxygen atoms in total. The Labute approximate surface area is 144 Å². The molecule has 0 aliphatic carbocycles. The molecular weight excluding hydrogens is 356 g/mol. The van der Waals surface area contributed by atoms with Crippen LogP contribution in [0.25, 0.3) is 0 Å². The number of benzene rings is 2. The third kappa shape index (κ3) is 2.93. The second-order valence-electron chi connectivity index (χ2n) is 5.48. The van der Waals surface area contributed by atoms with E-state index in [1.165, 1.54) is 0 Å². The van der Waals surface area contributed by atoms with E-state index < -0.39 is 0 Å². The fourth-order valence-corrected chi connectivity index (χ4v) is 3.44. The molecule has 2 aromatic carbocycles. The fourth-order valence-electron chi connectivity index (χ4n) is 2.88. The van der Waals surface area contributed by atoms with E-state index in [0.717, 1.165) is 33.5 Å². The zero-order valence-electron chi connectivity index (χ0n) is 13.2. The van der Waals surface area contributed by atoms with Gasteiger partial charge >= 0.3 is 0 Å². The van der Waals surface area contributed by atoms with E-state index in [1.807, 2.05) is 47.4 Å². The number of anilines is 1. The van der Waals surface area contributed by atoms with Crippen LogP contribution in [-0.2, 0) is 0 Å². The molecule has 0 bridgehead atoms. The van der Waals surface area contributed by atoms with Crippen LogP contribution < -0.4 is 10.1 Å². The number of amides is 1. The Hall–Kier alpha value is -2.01. The molecule has 1 N–H and O–H groups in total. The van der Waals surface area contributed by atoms with E-state index in [4.69, 9.17) is 4.74 Å². The Balaban J connectivity index is 2.03. The molecule has 1 atom stereocenters. The van der Waals surface area contributed by atoms with Crippen molar-refractivity contribution in [1.29, 1.82) is 0 Å². The van der Waals surface area contributed by atoms with Crippen molar-refractivity contribution in [3.8, 4) is 5.75 Å². The molecule has 0 unspecified atom stereocenters. The van der Waals surface area contributed by atoms with E-state index in [-0.39, 0.29) is 12.1 Å². The molecule has 5 heteroatoms. The van der Waals surface area contributed by atoms with E-state index in [9.17, 15) is 4.79 Å². The van der Waals surface area contributed by atoms with Crippen LogP contribution in [-0.4, -0.2) is 24.5 Å². The first-order valence-corrected chi connectivity index (χ1v) is 8.45. The Morgan fingerprint density at radius 1 is 1.26 bits per heavy atom. The summed E-state index contributed by atoms with van der Waals surface area (Å²) in [7, 11) is 1.64. The van der Waals surface area contributed by atoms with Gasteiger partial charge in [-0.2, -0.15) is 0 Å². The molecule has 3 rings (SSSR count). The standard InChI is InChI=1S/C18H19BrN2O2/c1-3-10-21-17(12-8-9-16(23-2)14(19)11-12)20-15-7-5-4-6-13(15)18(21)22/h4-9,11,17,20H,3,10H2,1-2H3/t17-/m1/s1. The minimum absolute atomic E-state index is 0.0677. The monoisotopic (exact) mass is 374 g/mol. The number of carbonyl (C=O) groups excluding carboxylic acids is 1. The minimum Gasteiger partial charge on any atom is -0.496 e. The highest BCUT2D eigenvalue weighted by molar-refractivity contribution is 9.10. The maximum atomic E-state index is 12.8. The lowest BCUT2D eigenvalue weighted by Gasteiger charge is -2.38. The van der Waals surface area contributed by atoms with Crippen LogP contribution in [0.3, 0.4) is 0 Å².